The van der Waals surface area contributed by atoms with Crippen LogP contribution in [0.4, 0.5) is 0 Å². The molecule has 4 aliphatic carbocycles. The van der Waals surface area contributed by atoms with Crippen LogP contribution < -0.4 is 0 Å². The normalized spacial score (nSPS) is 48.0. The molecule has 0 aromatic rings. The number of aliphatic hydroxyl groups excluding tert-OH is 4. The zero-order chi connectivity index (χ0) is 25.2. The van der Waals surface area contributed by atoms with E-state index in [1.807, 2.05) is 0 Å². The minimum absolute atomic E-state index is 0.0172. The topological polar surface area (TPSA) is 98.0 Å². The molecule has 4 N–H and O–H groups in total. The molecule has 5 nitrogen and oxygen atoms in total. The molecule has 4 fully saturated rings. The van der Waals surface area contributed by atoms with Crippen molar-refractivity contribution in [3.8, 4) is 0 Å². The molecule has 0 heterocycles. The summed E-state index contributed by atoms with van der Waals surface area (Å²) in [5.41, 5.74) is -0.165. The van der Waals surface area contributed by atoms with Crippen LogP contribution in [0.1, 0.15) is 92.9 Å². The van der Waals surface area contributed by atoms with Crippen molar-refractivity contribution in [3.63, 3.8) is 0 Å². The zero-order valence-corrected chi connectivity index (χ0v) is 22.3. The van der Waals surface area contributed by atoms with E-state index in [9.17, 15) is 25.2 Å². The quantitative estimate of drug-likeness (QED) is 0.459. The SMILES string of the molecule is CC[C@@H](C(C)C)[C@@H](O)[C@H](O)[C@@H](C)C1CCC2C3CC(=O)[C@H]4C[C@H](O)[C@H](O)C[C@]4(C)C3CC[C@@]21C. The molecule has 4 saturated carbocycles. The zero-order valence-electron chi connectivity index (χ0n) is 22.3. The highest BCUT2D eigenvalue weighted by atomic mass is 16.3. The van der Waals surface area contributed by atoms with Crippen molar-refractivity contribution in [2.75, 3.05) is 0 Å². The van der Waals surface area contributed by atoms with E-state index in [1.165, 1.54) is 0 Å². The van der Waals surface area contributed by atoms with Crippen molar-refractivity contribution in [3.05, 3.63) is 0 Å². The van der Waals surface area contributed by atoms with Crippen LogP contribution in [0.2, 0.25) is 0 Å². The first kappa shape index (κ1) is 26.6. The molecule has 0 aromatic carbocycles. The van der Waals surface area contributed by atoms with E-state index in [2.05, 4.69) is 41.5 Å². The van der Waals surface area contributed by atoms with Crippen LogP contribution in [0, 0.1) is 58.2 Å². The highest BCUT2D eigenvalue weighted by molar-refractivity contribution is 5.83. The number of hydrogen-bond acceptors (Lipinski definition) is 5. The van der Waals surface area contributed by atoms with E-state index < -0.39 is 24.4 Å². The predicted molar refractivity (Wildman–Crippen MR) is 133 cm³/mol. The maximum Gasteiger partial charge on any atom is 0.136 e. The first-order valence-electron chi connectivity index (χ1n) is 14.1. The fourth-order valence-corrected chi connectivity index (χ4v) is 9.89. The van der Waals surface area contributed by atoms with E-state index in [1.54, 1.807) is 0 Å². The molecular weight excluding hydrogens is 428 g/mol. The van der Waals surface area contributed by atoms with Gasteiger partial charge in [0.25, 0.3) is 0 Å². The van der Waals surface area contributed by atoms with Gasteiger partial charge in [0.05, 0.1) is 24.4 Å². The number of carbonyl (C=O) groups excluding carboxylic acids is 1. The van der Waals surface area contributed by atoms with Gasteiger partial charge in [-0.25, -0.2) is 0 Å². The third kappa shape index (κ3) is 4.01. The maximum atomic E-state index is 13.4. The lowest BCUT2D eigenvalue weighted by Crippen LogP contribution is -2.59. The molecule has 0 aliphatic heterocycles. The molecule has 0 spiro atoms. The fraction of sp³-hybridized carbons (Fsp3) is 0.966. The molecule has 0 saturated heterocycles. The summed E-state index contributed by atoms with van der Waals surface area (Å²) in [7, 11) is 0. The van der Waals surface area contributed by atoms with Crippen molar-refractivity contribution in [2.24, 2.45) is 58.2 Å². The van der Waals surface area contributed by atoms with E-state index >= 15 is 0 Å². The number of ketones is 1. The van der Waals surface area contributed by atoms with Gasteiger partial charge in [0, 0.05) is 12.3 Å². The second kappa shape index (κ2) is 9.43. The van der Waals surface area contributed by atoms with Crippen molar-refractivity contribution < 1.29 is 25.2 Å². The number of rotatable bonds is 6. The second-order valence-electron chi connectivity index (χ2n) is 13.6. The molecule has 4 rings (SSSR count). The van der Waals surface area contributed by atoms with E-state index in [4.69, 9.17) is 0 Å². The molecule has 0 amide bonds. The van der Waals surface area contributed by atoms with Gasteiger partial charge < -0.3 is 20.4 Å². The summed E-state index contributed by atoms with van der Waals surface area (Å²) < 4.78 is 0. The third-order valence-corrected chi connectivity index (χ3v) is 11.8. The van der Waals surface area contributed by atoms with E-state index in [-0.39, 0.29) is 34.4 Å². The largest absolute Gasteiger partial charge is 0.390 e. The molecule has 4 unspecified atom stereocenters. The van der Waals surface area contributed by atoms with Gasteiger partial charge in [-0.2, -0.15) is 0 Å². The summed E-state index contributed by atoms with van der Waals surface area (Å²) in [6.07, 6.45) is 3.69. The highest BCUT2D eigenvalue weighted by Crippen LogP contribution is 2.67. The van der Waals surface area contributed by atoms with Crippen LogP contribution in [-0.4, -0.2) is 50.6 Å². The number of Topliss-reactive ketones (excluding diaryl/α,β-unsaturated/α-hetero) is 1. The van der Waals surface area contributed by atoms with Crippen LogP contribution in [-0.2, 0) is 4.79 Å². The number of hydrogen-bond donors (Lipinski definition) is 4. The molecule has 0 aromatic heterocycles. The Hall–Kier alpha value is -0.490. The van der Waals surface area contributed by atoms with Gasteiger partial charge in [-0.15, -0.1) is 0 Å². The Kier molecular flexibility index (Phi) is 7.37. The molecule has 34 heavy (non-hydrogen) atoms. The van der Waals surface area contributed by atoms with Crippen molar-refractivity contribution >= 4 is 5.78 Å². The Bertz CT molecular complexity index is 753. The van der Waals surface area contributed by atoms with Gasteiger partial charge in [-0.3, -0.25) is 4.79 Å². The van der Waals surface area contributed by atoms with E-state index in [0.29, 0.717) is 48.9 Å². The summed E-state index contributed by atoms with van der Waals surface area (Å²) >= 11 is 0. The predicted octanol–water partition coefficient (Wildman–Crippen LogP) is 4.20. The van der Waals surface area contributed by atoms with Crippen molar-refractivity contribution in [1.82, 2.24) is 0 Å². The molecule has 4 aliphatic rings. The Morgan fingerprint density at radius 3 is 2.21 bits per heavy atom. The average molecular weight is 479 g/mol. The number of aliphatic hydroxyl groups is 4. The van der Waals surface area contributed by atoms with E-state index in [0.717, 1.165) is 32.1 Å². The lowest BCUT2D eigenvalue weighted by molar-refractivity contribution is -0.175. The summed E-state index contributed by atoms with van der Waals surface area (Å²) in [6.45, 7) is 13.1. The van der Waals surface area contributed by atoms with Gasteiger partial charge in [0.2, 0.25) is 0 Å². The molecule has 0 radical (unpaired) electrons. The van der Waals surface area contributed by atoms with Gasteiger partial charge >= 0.3 is 0 Å². The average Bonchev–Trinajstić information content (AvgIpc) is 3.12. The summed E-state index contributed by atoms with van der Waals surface area (Å²) in [5.74, 6) is 2.12. The number of carbonyl (C=O) groups is 1. The summed E-state index contributed by atoms with van der Waals surface area (Å²) in [5, 5.41) is 43.1. The lowest BCUT2D eigenvalue weighted by atomic mass is 9.44. The maximum absolute atomic E-state index is 13.4. The third-order valence-electron chi connectivity index (χ3n) is 11.8. The van der Waals surface area contributed by atoms with Gasteiger partial charge in [-0.05, 0) is 90.8 Å². The number of fused-ring (bicyclic) bond motifs is 5. The molecule has 196 valence electrons. The molecular formula is C29H50O5. The lowest BCUT2D eigenvalue weighted by Gasteiger charge is -2.61. The highest BCUT2D eigenvalue weighted by Gasteiger charge is 2.63. The minimum Gasteiger partial charge on any atom is -0.390 e. The Labute approximate surface area is 206 Å². The molecule has 13 atom stereocenters. The van der Waals surface area contributed by atoms with Crippen LogP contribution in [0.5, 0.6) is 0 Å². The first-order valence-corrected chi connectivity index (χ1v) is 14.1. The second-order valence-corrected chi connectivity index (χ2v) is 13.6. The Morgan fingerprint density at radius 2 is 1.59 bits per heavy atom. The smallest absolute Gasteiger partial charge is 0.136 e. The minimum atomic E-state index is -0.783. The van der Waals surface area contributed by atoms with Crippen LogP contribution in [0.25, 0.3) is 0 Å². The standard InChI is InChI=1S/C29H50O5/c1-7-17(15(2)3)27(34)26(33)16(4)19-8-9-20-18-12-23(30)22-13-24(31)25(32)14-29(22,6)21(18)10-11-28(19,20)5/h15-22,24-27,31-34H,7-14H2,1-6H3/t16-,17-,18?,19?,20?,21?,22+,24-,25+,26+,27+,28+,29+/m0/s1. The van der Waals surface area contributed by atoms with Crippen molar-refractivity contribution in [1.29, 1.82) is 0 Å². The fourth-order valence-electron chi connectivity index (χ4n) is 9.89. The Morgan fingerprint density at radius 1 is 0.941 bits per heavy atom. The van der Waals surface area contributed by atoms with Gasteiger partial charge in [-0.1, -0.05) is 48.0 Å². The summed E-state index contributed by atoms with van der Waals surface area (Å²) in [4.78, 5) is 13.4. The van der Waals surface area contributed by atoms with Gasteiger partial charge in [0.15, 0.2) is 0 Å². The Balaban J connectivity index is 1.55. The van der Waals surface area contributed by atoms with Crippen molar-refractivity contribution in [2.45, 2.75) is 117 Å². The summed E-state index contributed by atoms with van der Waals surface area (Å²) in [6, 6.07) is 0. The monoisotopic (exact) mass is 478 g/mol. The van der Waals surface area contributed by atoms with Crippen LogP contribution in [0.3, 0.4) is 0 Å². The molecule has 5 heteroatoms. The first-order chi connectivity index (χ1) is 15.9. The van der Waals surface area contributed by atoms with Crippen LogP contribution >= 0.6 is 0 Å². The van der Waals surface area contributed by atoms with Crippen LogP contribution in [0.15, 0.2) is 0 Å². The van der Waals surface area contributed by atoms with Gasteiger partial charge in [0.1, 0.15) is 5.78 Å². The molecule has 0 bridgehead atoms.